The molecule has 0 radical (unpaired) electrons. The van der Waals surface area contributed by atoms with Gasteiger partial charge in [-0.3, -0.25) is 14.1 Å². The second-order valence-electron chi connectivity index (χ2n) is 2.51. The number of hydrogen-bond acceptors (Lipinski definition) is 5. The highest BCUT2D eigenvalue weighted by molar-refractivity contribution is 7.46. The molecule has 0 aliphatic carbocycles. The minimum absolute atomic E-state index is 0.349. The summed E-state index contributed by atoms with van der Waals surface area (Å²) in [5.74, 6) is -2.17. The van der Waals surface area contributed by atoms with Crippen LogP contribution >= 0.6 is 7.82 Å². The van der Waals surface area contributed by atoms with Crippen molar-refractivity contribution in [2.45, 2.75) is 6.04 Å². The Morgan fingerprint density at radius 3 is 2.40 bits per heavy atom. The number of aliphatic carboxylic acids is 1. The molecule has 0 rings (SSSR count). The first-order valence-corrected chi connectivity index (χ1v) is 5.20. The van der Waals surface area contributed by atoms with E-state index in [1.165, 1.54) is 0 Å². The van der Waals surface area contributed by atoms with E-state index in [1.54, 1.807) is 0 Å². The van der Waals surface area contributed by atoms with E-state index in [9.17, 15) is 14.2 Å². The Labute approximate surface area is 84.5 Å². The summed E-state index contributed by atoms with van der Waals surface area (Å²) >= 11 is 0. The van der Waals surface area contributed by atoms with Crippen LogP contribution < -0.4 is 11.1 Å². The Hall–Kier alpha value is -0.990. The number of phosphoric acid groups is 1. The molecule has 1 unspecified atom stereocenters. The lowest BCUT2D eigenvalue weighted by atomic mass is 10.3. The molecular formula is C5H11N2O7P. The zero-order chi connectivity index (χ0) is 12.1. The zero-order valence-electron chi connectivity index (χ0n) is 7.49. The topological polar surface area (TPSA) is 159 Å². The number of carbonyl (C=O) groups is 2. The van der Waals surface area contributed by atoms with Crippen LogP contribution in [-0.2, 0) is 18.7 Å². The Bertz CT molecular complexity index is 287. The molecule has 10 heteroatoms. The van der Waals surface area contributed by atoms with Crippen LogP contribution in [0.4, 0.5) is 0 Å². The van der Waals surface area contributed by atoms with Gasteiger partial charge in [0.05, 0.1) is 0 Å². The number of nitrogens with two attached hydrogens (primary N) is 1. The maximum absolute atomic E-state index is 10.8. The Morgan fingerprint density at radius 2 is 2.00 bits per heavy atom. The SMILES string of the molecule is NC(CNC(=O)COP(=O)(O)O)C(=O)O. The molecule has 0 saturated heterocycles. The smallest absolute Gasteiger partial charge is 0.470 e. The molecule has 0 saturated carbocycles. The van der Waals surface area contributed by atoms with Crippen LogP contribution in [0.3, 0.4) is 0 Å². The fourth-order valence-electron chi connectivity index (χ4n) is 0.505. The number of hydrogen-bond donors (Lipinski definition) is 5. The largest absolute Gasteiger partial charge is 0.480 e. The van der Waals surface area contributed by atoms with E-state index in [2.05, 4.69) is 4.52 Å². The third-order valence-corrected chi connectivity index (χ3v) is 1.67. The molecule has 6 N–H and O–H groups in total. The molecule has 9 nitrogen and oxygen atoms in total. The van der Waals surface area contributed by atoms with Crippen LogP contribution in [0.1, 0.15) is 0 Å². The fourth-order valence-corrected chi connectivity index (χ4v) is 0.790. The number of phosphoric ester groups is 1. The van der Waals surface area contributed by atoms with Gasteiger partial charge >= 0.3 is 13.8 Å². The molecule has 0 spiro atoms. The van der Waals surface area contributed by atoms with Crippen molar-refractivity contribution in [1.82, 2.24) is 5.32 Å². The van der Waals surface area contributed by atoms with E-state index in [1.807, 2.05) is 5.32 Å². The van der Waals surface area contributed by atoms with Gasteiger partial charge in [0.1, 0.15) is 12.6 Å². The van der Waals surface area contributed by atoms with Gasteiger partial charge in [-0.25, -0.2) is 4.57 Å². The Morgan fingerprint density at radius 1 is 1.47 bits per heavy atom. The summed E-state index contributed by atoms with van der Waals surface area (Å²) in [6, 6.07) is -1.27. The summed E-state index contributed by atoms with van der Waals surface area (Å²) < 4.78 is 14.0. The molecule has 0 aliphatic heterocycles. The molecule has 0 aliphatic rings. The van der Waals surface area contributed by atoms with Crippen molar-refractivity contribution in [3.05, 3.63) is 0 Å². The highest BCUT2D eigenvalue weighted by atomic mass is 31.2. The number of carboxylic acids is 1. The highest BCUT2D eigenvalue weighted by Crippen LogP contribution is 2.35. The van der Waals surface area contributed by atoms with E-state index in [-0.39, 0.29) is 6.54 Å². The quantitative estimate of drug-likeness (QED) is 0.323. The van der Waals surface area contributed by atoms with Gasteiger partial charge in [-0.1, -0.05) is 0 Å². The molecule has 1 atom stereocenters. The van der Waals surface area contributed by atoms with Crippen LogP contribution in [0.25, 0.3) is 0 Å². The molecule has 0 aromatic heterocycles. The van der Waals surface area contributed by atoms with Crippen molar-refractivity contribution in [2.24, 2.45) is 5.73 Å². The van der Waals surface area contributed by atoms with Gasteiger partial charge in [0, 0.05) is 6.54 Å². The van der Waals surface area contributed by atoms with E-state index in [0.717, 1.165) is 0 Å². The van der Waals surface area contributed by atoms with Gasteiger partial charge in [0.2, 0.25) is 5.91 Å². The van der Waals surface area contributed by atoms with Crippen molar-refractivity contribution in [3.63, 3.8) is 0 Å². The summed E-state index contributed by atoms with van der Waals surface area (Å²) in [6.07, 6.45) is 0. The molecular weight excluding hydrogens is 231 g/mol. The second kappa shape index (κ2) is 5.79. The monoisotopic (exact) mass is 242 g/mol. The summed E-state index contributed by atoms with van der Waals surface area (Å²) in [7, 11) is -4.69. The number of amides is 1. The molecule has 0 aromatic rings. The first-order valence-electron chi connectivity index (χ1n) is 3.67. The van der Waals surface area contributed by atoms with Crippen molar-refractivity contribution < 1.29 is 33.6 Å². The predicted octanol–water partition coefficient (Wildman–Crippen LogP) is -2.38. The Kier molecular flexibility index (Phi) is 5.40. The van der Waals surface area contributed by atoms with E-state index < -0.39 is 32.3 Å². The normalized spacial score (nSPS) is 13.3. The van der Waals surface area contributed by atoms with Crippen molar-refractivity contribution in [2.75, 3.05) is 13.2 Å². The molecule has 0 fully saturated rings. The fraction of sp³-hybridized carbons (Fsp3) is 0.600. The van der Waals surface area contributed by atoms with Crippen molar-refractivity contribution in [3.8, 4) is 0 Å². The Balaban J connectivity index is 3.77. The number of rotatable bonds is 6. The van der Waals surface area contributed by atoms with Crippen LogP contribution in [0.5, 0.6) is 0 Å². The summed E-state index contributed by atoms with van der Waals surface area (Å²) in [6.45, 7) is -1.21. The van der Waals surface area contributed by atoms with Gasteiger partial charge in [0.25, 0.3) is 0 Å². The van der Waals surface area contributed by atoms with E-state index in [4.69, 9.17) is 20.6 Å². The van der Waals surface area contributed by atoms with Crippen molar-refractivity contribution >= 4 is 19.7 Å². The van der Waals surface area contributed by atoms with Gasteiger partial charge < -0.3 is 25.9 Å². The number of carbonyl (C=O) groups excluding carboxylic acids is 1. The standard InChI is InChI=1S/C5H11N2O7P/c6-3(5(9)10)1-7-4(8)2-14-15(11,12)13/h3H,1-2,6H2,(H,7,8)(H,9,10)(H2,11,12,13). The average molecular weight is 242 g/mol. The van der Waals surface area contributed by atoms with E-state index in [0.29, 0.717) is 0 Å². The number of carboxylic acid groups (broad SMARTS) is 1. The third-order valence-electron chi connectivity index (χ3n) is 1.20. The summed E-state index contributed by atoms with van der Waals surface area (Å²) in [4.78, 5) is 37.4. The molecule has 0 aromatic carbocycles. The maximum Gasteiger partial charge on any atom is 0.470 e. The van der Waals surface area contributed by atoms with Gasteiger partial charge in [-0.15, -0.1) is 0 Å². The molecule has 15 heavy (non-hydrogen) atoms. The molecule has 1 amide bonds. The lowest BCUT2D eigenvalue weighted by Crippen LogP contribution is -2.43. The minimum Gasteiger partial charge on any atom is -0.480 e. The highest BCUT2D eigenvalue weighted by Gasteiger charge is 2.17. The molecule has 88 valence electrons. The zero-order valence-corrected chi connectivity index (χ0v) is 8.39. The van der Waals surface area contributed by atoms with Gasteiger partial charge in [-0.05, 0) is 0 Å². The second-order valence-corrected chi connectivity index (χ2v) is 3.75. The van der Waals surface area contributed by atoms with Gasteiger partial charge in [0.15, 0.2) is 0 Å². The third kappa shape index (κ3) is 8.03. The first-order chi connectivity index (χ1) is 6.72. The number of nitrogens with one attached hydrogen (secondary N) is 1. The van der Waals surface area contributed by atoms with Crippen LogP contribution in [0.15, 0.2) is 0 Å². The van der Waals surface area contributed by atoms with Crippen molar-refractivity contribution in [1.29, 1.82) is 0 Å². The lowest BCUT2D eigenvalue weighted by Gasteiger charge is -2.08. The van der Waals surface area contributed by atoms with E-state index >= 15 is 0 Å². The van der Waals surface area contributed by atoms with Crippen LogP contribution in [0.2, 0.25) is 0 Å². The lowest BCUT2D eigenvalue weighted by molar-refractivity contribution is -0.138. The molecule has 0 bridgehead atoms. The van der Waals surface area contributed by atoms with Gasteiger partial charge in [-0.2, -0.15) is 0 Å². The molecule has 0 heterocycles. The summed E-state index contributed by atoms with van der Waals surface area (Å²) in [5, 5.41) is 10.3. The minimum atomic E-state index is -4.69. The maximum atomic E-state index is 10.8. The first kappa shape index (κ1) is 14.0. The van der Waals surface area contributed by atoms with Crippen LogP contribution in [-0.4, -0.2) is 46.0 Å². The predicted molar refractivity (Wildman–Crippen MR) is 46.6 cm³/mol. The summed E-state index contributed by atoms with van der Waals surface area (Å²) in [5.41, 5.74) is 5.04. The van der Waals surface area contributed by atoms with Crippen LogP contribution in [0, 0.1) is 0 Å². The average Bonchev–Trinajstić information content (AvgIpc) is 2.09.